The van der Waals surface area contributed by atoms with Crippen molar-refractivity contribution in [2.75, 3.05) is 44.7 Å². The van der Waals surface area contributed by atoms with Crippen LogP contribution in [0.25, 0.3) is 0 Å². The van der Waals surface area contributed by atoms with Gasteiger partial charge < -0.3 is 14.2 Å². The topological polar surface area (TPSA) is 33.5 Å². The molecule has 4 rings (SSSR count). The Morgan fingerprint density at radius 1 is 0.963 bits per heavy atom. The summed E-state index contributed by atoms with van der Waals surface area (Å²) >= 11 is 0. The van der Waals surface area contributed by atoms with Crippen LogP contribution in [0.5, 0.6) is 5.75 Å². The van der Waals surface area contributed by atoms with E-state index in [-0.39, 0.29) is 6.04 Å². The van der Waals surface area contributed by atoms with E-state index in [0.717, 1.165) is 38.5 Å². The molecule has 1 fully saturated rings. The molecule has 0 bridgehead atoms. The molecule has 0 spiro atoms. The molecule has 0 amide bonds. The Hall–Kier alpha value is -2.79. The second-order valence-corrected chi connectivity index (χ2v) is 6.90. The monoisotopic (exact) mass is 362 g/mol. The van der Waals surface area contributed by atoms with Gasteiger partial charge in [-0.25, -0.2) is 4.98 Å². The maximum absolute atomic E-state index is 5.53. The lowest BCUT2D eigenvalue weighted by molar-refractivity contribution is 0.232. The normalized spacial score (nSPS) is 16.3. The highest BCUT2D eigenvalue weighted by molar-refractivity contribution is 5.58. The molecule has 1 atom stereocenters. The first-order valence-corrected chi connectivity index (χ1v) is 9.48. The van der Waals surface area contributed by atoms with Gasteiger partial charge in [0.15, 0.2) is 0 Å². The summed E-state index contributed by atoms with van der Waals surface area (Å²) in [4.78, 5) is 9.22. The molecule has 5 nitrogen and oxygen atoms in total. The molecule has 0 radical (unpaired) electrons. The van der Waals surface area contributed by atoms with E-state index in [2.05, 4.69) is 68.0 Å². The van der Waals surface area contributed by atoms with E-state index in [1.54, 1.807) is 7.11 Å². The number of ether oxygens (including phenoxy) is 1. The van der Waals surface area contributed by atoms with Crippen molar-refractivity contribution >= 4 is 5.69 Å². The molecule has 27 heavy (non-hydrogen) atoms. The van der Waals surface area contributed by atoms with Crippen molar-refractivity contribution in [1.82, 2.24) is 14.5 Å². The van der Waals surface area contributed by atoms with Gasteiger partial charge in [0.05, 0.1) is 25.2 Å². The van der Waals surface area contributed by atoms with Crippen LogP contribution in [0.4, 0.5) is 5.69 Å². The van der Waals surface area contributed by atoms with Crippen molar-refractivity contribution in [3.8, 4) is 5.75 Å². The summed E-state index contributed by atoms with van der Waals surface area (Å²) in [6, 6.07) is 19.3. The van der Waals surface area contributed by atoms with E-state index >= 15 is 0 Å². The average Bonchev–Trinajstić information content (AvgIpc) is 3.27. The first kappa shape index (κ1) is 17.6. The number of imidazole rings is 1. The fourth-order valence-electron chi connectivity index (χ4n) is 3.81. The van der Waals surface area contributed by atoms with Crippen LogP contribution in [-0.4, -0.2) is 54.3 Å². The Labute approximate surface area is 160 Å². The van der Waals surface area contributed by atoms with Crippen LogP contribution < -0.4 is 9.64 Å². The average molecular weight is 362 g/mol. The molecule has 3 aromatic rings. The molecule has 1 unspecified atom stereocenters. The fraction of sp³-hybridized carbons (Fsp3) is 0.318. The zero-order chi connectivity index (χ0) is 18.5. The lowest BCUT2D eigenvalue weighted by atomic mass is 10.1. The van der Waals surface area contributed by atoms with Gasteiger partial charge in [0, 0.05) is 45.1 Å². The summed E-state index contributed by atoms with van der Waals surface area (Å²) in [7, 11) is 1.74. The number of para-hydroxylation sites is 2. The summed E-state index contributed by atoms with van der Waals surface area (Å²) in [5.74, 6) is 0.950. The van der Waals surface area contributed by atoms with Crippen molar-refractivity contribution < 1.29 is 4.74 Å². The highest BCUT2D eigenvalue weighted by atomic mass is 16.5. The highest BCUT2D eigenvalue weighted by Gasteiger charge is 2.23. The number of anilines is 1. The number of benzene rings is 2. The molecule has 140 valence electrons. The van der Waals surface area contributed by atoms with Crippen LogP contribution in [0.2, 0.25) is 0 Å². The molecule has 1 saturated heterocycles. The lowest BCUT2D eigenvalue weighted by Crippen LogP contribution is -2.48. The molecular formula is C22H26N4O. The maximum Gasteiger partial charge on any atom is 0.142 e. The van der Waals surface area contributed by atoms with Gasteiger partial charge in [0.25, 0.3) is 0 Å². The summed E-state index contributed by atoms with van der Waals surface area (Å²) in [6.07, 6.45) is 5.83. The second kappa shape index (κ2) is 8.27. The van der Waals surface area contributed by atoms with E-state index in [4.69, 9.17) is 4.74 Å². The Morgan fingerprint density at radius 3 is 2.41 bits per heavy atom. The van der Waals surface area contributed by atoms with Crippen molar-refractivity contribution in [1.29, 1.82) is 0 Å². The van der Waals surface area contributed by atoms with Crippen LogP contribution in [0.15, 0.2) is 73.3 Å². The van der Waals surface area contributed by atoms with Crippen molar-refractivity contribution in [3.63, 3.8) is 0 Å². The second-order valence-electron chi connectivity index (χ2n) is 6.90. The summed E-state index contributed by atoms with van der Waals surface area (Å²) in [5, 5.41) is 0. The molecular weight excluding hydrogens is 336 g/mol. The Bertz CT molecular complexity index is 827. The quantitative estimate of drug-likeness (QED) is 0.674. The predicted octanol–water partition coefficient (Wildman–Crippen LogP) is 3.30. The molecule has 0 saturated carbocycles. The summed E-state index contributed by atoms with van der Waals surface area (Å²) < 4.78 is 7.74. The van der Waals surface area contributed by atoms with Gasteiger partial charge in [-0.3, -0.25) is 4.90 Å². The molecule has 0 aliphatic carbocycles. The molecule has 2 heterocycles. The molecule has 0 N–H and O–H groups in total. The number of rotatable bonds is 6. The van der Waals surface area contributed by atoms with E-state index in [1.807, 2.05) is 24.7 Å². The molecule has 1 aliphatic rings. The van der Waals surface area contributed by atoms with Crippen molar-refractivity contribution in [2.45, 2.75) is 6.04 Å². The molecule has 1 aromatic heterocycles. The van der Waals surface area contributed by atoms with Crippen LogP contribution in [0, 0.1) is 0 Å². The maximum atomic E-state index is 5.53. The Morgan fingerprint density at radius 2 is 1.70 bits per heavy atom. The Kier molecular flexibility index (Phi) is 5.39. The van der Waals surface area contributed by atoms with Crippen molar-refractivity contribution in [3.05, 3.63) is 78.9 Å². The van der Waals surface area contributed by atoms with Crippen molar-refractivity contribution in [2.24, 2.45) is 0 Å². The minimum atomic E-state index is 0.284. The van der Waals surface area contributed by atoms with Gasteiger partial charge in [-0.1, -0.05) is 42.5 Å². The third kappa shape index (κ3) is 3.98. The van der Waals surface area contributed by atoms with Gasteiger partial charge in [-0.15, -0.1) is 0 Å². The van der Waals surface area contributed by atoms with Gasteiger partial charge in [-0.05, 0) is 17.7 Å². The van der Waals surface area contributed by atoms with E-state index in [0.29, 0.717) is 0 Å². The summed E-state index contributed by atoms with van der Waals surface area (Å²) in [5.41, 5.74) is 2.51. The first-order valence-electron chi connectivity index (χ1n) is 9.48. The largest absolute Gasteiger partial charge is 0.495 e. The standard InChI is InChI=1S/C22H26N4O/c1-27-22-10-6-5-9-20(22)25-15-13-24(14-16-25)17-21(26-12-11-23-18-26)19-7-3-2-4-8-19/h2-12,18,21H,13-17H2,1H3. The fourth-order valence-corrected chi connectivity index (χ4v) is 3.81. The summed E-state index contributed by atoms with van der Waals surface area (Å²) in [6.45, 7) is 5.07. The minimum absolute atomic E-state index is 0.284. The third-order valence-electron chi connectivity index (χ3n) is 5.30. The van der Waals surface area contributed by atoms with E-state index < -0.39 is 0 Å². The predicted molar refractivity (Wildman–Crippen MR) is 108 cm³/mol. The van der Waals surface area contributed by atoms with Crippen LogP contribution in [-0.2, 0) is 0 Å². The number of nitrogens with zero attached hydrogens (tertiary/aromatic N) is 4. The smallest absolute Gasteiger partial charge is 0.142 e. The van der Waals surface area contributed by atoms with Gasteiger partial charge in [0.2, 0.25) is 0 Å². The Balaban J connectivity index is 1.44. The van der Waals surface area contributed by atoms with Crippen LogP contribution >= 0.6 is 0 Å². The number of hydrogen-bond acceptors (Lipinski definition) is 4. The molecule has 5 heteroatoms. The number of piperazine rings is 1. The van der Waals surface area contributed by atoms with E-state index in [1.165, 1.54) is 11.3 Å². The zero-order valence-electron chi connectivity index (χ0n) is 15.7. The van der Waals surface area contributed by atoms with E-state index in [9.17, 15) is 0 Å². The van der Waals surface area contributed by atoms with Crippen LogP contribution in [0.3, 0.4) is 0 Å². The number of aromatic nitrogens is 2. The van der Waals surface area contributed by atoms with Crippen LogP contribution in [0.1, 0.15) is 11.6 Å². The zero-order valence-corrected chi connectivity index (χ0v) is 15.7. The third-order valence-corrected chi connectivity index (χ3v) is 5.30. The first-order chi connectivity index (χ1) is 13.3. The van der Waals surface area contributed by atoms with Gasteiger partial charge in [0.1, 0.15) is 5.75 Å². The van der Waals surface area contributed by atoms with Gasteiger partial charge in [-0.2, -0.15) is 0 Å². The highest BCUT2D eigenvalue weighted by Crippen LogP contribution is 2.29. The number of hydrogen-bond donors (Lipinski definition) is 0. The van der Waals surface area contributed by atoms with Gasteiger partial charge >= 0.3 is 0 Å². The SMILES string of the molecule is COc1ccccc1N1CCN(CC(c2ccccc2)n2ccnc2)CC1. The number of methoxy groups -OCH3 is 1. The molecule has 2 aromatic carbocycles. The minimum Gasteiger partial charge on any atom is -0.495 e. The lowest BCUT2D eigenvalue weighted by Gasteiger charge is -2.38. The molecule has 1 aliphatic heterocycles.